The normalized spacial score (nSPS) is 32.3. The first kappa shape index (κ1) is 31.1. The van der Waals surface area contributed by atoms with Crippen molar-refractivity contribution in [2.75, 3.05) is 0 Å². The highest BCUT2D eigenvalue weighted by molar-refractivity contribution is 5.93. The summed E-state index contributed by atoms with van der Waals surface area (Å²) in [7, 11) is 0. The van der Waals surface area contributed by atoms with Crippen LogP contribution in [0.1, 0.15) is 81.8 Å². The molecule has 2 fully saturated rings. The van der Waals surface area contributed by atoms with Crippen LogP contribution in [-0.4, -0.2) is 39.3 Å². The number of ketones is 1. The van der Waals surface area contributed by atoms with Gasteiger partial charge in [0, 0.05) is 24.2 Å². The van der Waals surface area contributed by atoms with E-state index in [9.17, 15) is 28.2 Å². The second kappa shape index (κ2) is 10.7. The number of carbonyl (C=O) groups is 1. The maximum atomic E-state index is 15.1. The average Bonchev–Trinajstić information content (AvgIpc) is 3.23. The molecule has 0 spiro atoms. The van der Waals surface area contributed by atoms with E-state index in [0.29, 0.717) is 36.8 Å². The minimum atomic E-state index is -5.90. The predicted molar refractivity (Wildman–Crippen MR) is 147 cm³/mol. The lowest BCUT2D eigenvalue weighted by molar-refractivity contribution is -0.362. The summed E-state index contributed by atoms with van der Waals surface area (Å²) in [5, 5.41) is 39.6. The Labute approximate surface area is 247 Å². The number of nitriles is 2. The summed E-state index contributed by atoms with van der Waals surface area (Å²) in [6.07, 6.45) is -0.318. The number of hydrogen-bond donors (Lipinski definition) is 2. The molecule has 1 aromatic rings. The Kier molecular flexibility index (Phi) is 7.72. The van der Waals surface area contributed by atoms with Crippen LogP contribution in [0.2, 0.25) is 0 Å². The van der Waals surface area contributed by atoms with Crippen LogP contribution in [0.15, 0.2) is 53.1 Å². The third kappa shape index (κ3) is 4.93. The monoisotopic (exact) mass is 600 g/mol. The maximum Gasteiger partial charge on any atom is 0.456 e. The predicted octanol–water partition coefficient (Wildman–Crippen LogP) is 7.09. The topological polar surface area (TPSA) is 105 Å². The zero-order valence-electron chi connectivity index (χ0n) is 23.7. The summed E-state index contributed by atoms with van der Waals surface area (Å²) in [5.41, 5.74) is -2.49. The molecule has 228 valence electrons. The van der Waals surface area contributed by atoms with Crippen molar-refractivity contribution in [3.8, 4) is 12.1 Å². The molecule has 5 nitrogen and oxygen atoms in total. The second-order valence-electron chi connectivity index (χ2n) is 12.7. The summed E-state index contributed by atoms with van der Waals surface area (Å²) < 4.78 is 71.5. The molecule has 1 unspecified atom stereocenters. The van der Waals surface area contributed by atoms with Crippen molar-refractivity contribution < 1.29 is 37.0 Å². The molecule has 6 atom stereocenters. The number of rotatable bonds is 6. The average molecular weight is 601 g/mol. The van der Waals surface area contributed by atoms with Gasteiger partial charge in [-0.15, -0.1) is 0 Å². The second-order valence-corrected chi connectivity index (χ2v) is 12.7. The molecule has 1 aromatic carbocycles. The van der Waals surface area contributed by atoms with Crippen LogP contribution in [0.4, 0.5) is 22.0 Å². The molecular weight excluding hydrogens is 567 g/mol. The number of carbonyl (C=O) groups excluding carboxylic acids is 1. The summed E-state index contributed by atoms with van der Waals surface area (Å²) in [6.45, 7) is 1.39. The van der Waals surface area contributed by atoms with Crippen molar-refractivity contribution in [3.05, 3.63) is 64.3 Å². The molecule has 0 radical (unpaired) electrons. The molecule has 0 bridgehead atoms. The van der Waals surface area contributed by atoms with Crippen molar-refractivity contribution >= 4 is 11.9 Å². The fourth-order valence-electron chi connectivity index (χ4n) is 8.23. The van der Waals surface area contributed by atoms with Crippen LogP contribution in [0.25, 0.3) is 6.08 Å². The van der Waals surface area contributed by atoms with Gasteiger partial charge in [0.25, 0.3) is 0 Å². The number of benzene rings is 1. The molecule has 10 heteroatoms. The van der Waals surface area contributed by atoms with E-state index in [1.807, 2.05) is 0 Å². The van der Waals surface area contributed by atoms with Crippen LogP contribution in [0, 0.1) is 39.9 Å². The molecule has 0 aliphatic heterocycles. The van der Waals surface area contributed by atoms with Crippen molar-refractivity contribution in [1.82, 2.24) is 0 Å². The SMILES string of the molecule is C[C@]12C[C@H](c3ccc(/C=C/CC(O)(C#N)CC#N)cc3)C3=C4CCC(=O)C=C4CC[C@H]3[C@@H]1CC[C@@]2(O)C(F)(F)C(F)(F)F. The molecule has 43 heavy (non-hydrogen) atoms. The van der Waals surface area contributed by atoms with Crippen LogP contribution < -0.4 is 0 Å². The number of alkyl halides is 5. The smallest absolute Gasteiger partial charge is 0.383 e. The molecule has 0 aromatic heterocycles. The first-order valence-electron chi connectivity index (χ1n) is 14.5. The van der Waals surface area contributed by atoms with Gasteiger partial charge in [-0.2, -0.15) is 32.5 Å². The minimum absolute atomic E-state index is 0.0178. The molecule has 2 N–H and O–H groups in total. The van der Waals surface area contributed by atoms with Crippen molar-refractivity contribution in [2.24, 2.45) is 17.3 Å². The number of hydrogen-bond acceptors (Lipinski definition) is 5. The Hall–Kier alpha value is -3.34. The lowest BCUT2D eigenvalue weighted by atomic mass is 9.50. The van der Waals surface area contributed by atoms with Gasteiger partial charge in [-0.05, 0) is 78.7 Å². The van der Waals surface area contributed by atoms with Crippen LogP contribution in [-0.2, 0) is 4.79 Å². The Morgan fingerprint density at radius 3 is 2.40 bits per heavy atom. The van der Waals surface area contributed by atoms with E-state index in [0.717, 1.165) is 16.7 Å². The molecule has 0 heterocycles. The van der Waals surface area contributed by atoms with Crippen LogP contribution >= 0.6 is 0 Å². The highest BCUT2D eigenvalue weighted by Gasteiger charge is 2.79. The number of allylic oxidation sites excluding steroid dienone is 4. The molecule has 0 saturated heterocycles. The van der Waals surface area contributed by atoms with Crippen molar-refractivity contribution in [2.45, 2.75) is 93.9 Å². The summed E-state index contributed by atoms with van der Waals surface area (Å²) >= 11 is 0. The van der Waals surface area contributed by atoms with Gasteiger partial charge >= 0.3 is 12.1 Å². The Balaban J connectivity index is 1.55. The molecule has 0 amide bonds. The molecule has 4 aliphatic rings. The van der Waals surface area contributed by atoms with Gasteiger partial charge in [0.2, 0.25) is 0 Å². The lowest BCUT2D eigenvalue weighted by Gasteiger charge is -2.56. The highest BCUT2D eigenvalue weighted by Crippen LogP contribution is 2.70. The van der Waals surface area contributed by atoms with Gasteiger partial charge in [-0.3, -0.25) is 4.79 Å². The van der Waals surface area contributed by atoms with Gasteiger partial charge in [0.15, 0.2) is 11.4 Å². The minimum Gasteiger partial charge on any atom is -0.383 e. The van der Waals surface area contributed by atoms with Crippen LogP contribution in [0.3, 0.4) is 0 Å². The maximum absolute atomic E-state index is 15.1. The number of nitrogens with zero attached hydrogens (tertiary/aromatic N) is 2. The van der Waals surface area contributed by atoms with Crippen molar-refractivity contribution in [1.29, 1.82) is 10.5 Å². The fraction of sp³-hybridized carbons (Fsp3) is 0.545. The first-order chi connectivity index (χ1) is 20.1. The van der Waals surface area contributed by atoms with Crippen molar-refractivity contribution in [3.63, 3.8) is 0 Å². The standard InChI is InChI=1S/C33H33F5N2O3/c1-29-18-26(21-6-4-20(5-7-21)3-2-13-30(42,19-40)15-16-39)28-24-11-9-23(41)17-22(24)8-10-25(28)27(29)12-14-31(29,43)32(34,35)33(36,37)38/h2-7,17,25-27,42-43H,8-15,18H2,1H3/b3-2+/t25-,26+,27-,29-,30?,31-/m0/s1. The van der Waals surface area contributed by atoms with Gasteiger partial charge in [-0.25, -0.2) is 0 Å². The molecule has 5 rings (SSSR count). The van der Waals surface area contributed by atoms with Gasteiger partial charge in [0.1, 0.15) is 5.60 Å². The lowest BCUT2D eigenvalue weighted by Crippen LogP contribution is -2.65. The van der Waals surface area contributed by atoms with E-state index in [1.54, 1.807) is 54.6 Å². The van der Waals surface area contributed by atoms with E-state index in [4.69, 9.17) is 10.5 Å². The Bertz CT molecular complexity index is 1480. The van der Waals surface area contributed by atoms with E-state index < -0.39 is 47.0 Å². The third-order valence-electron chi connectivity index (χ3n) is 10.4. The molecular formula is C33H33F5N2O3. The third-order valence-corrected chi connectivity index (χ3v) is 10.4. The quantitative estimate of drug-likeness (QED) is 0.268. The molecule has 4 aliphatic carbocycles. The van der Waals surface area contributed by atoms with Crippen LogP contribution in [0.5, 0.6) is 0 Å². The summed E-state index contributed by atoms with van der Waals surface area (Å²) in [5.74, 6) is -6.68. The van der Waals surface area contributed by atoms with E-state index in [2.05, 4.69) is 0 Å². The number of fused-ring (bicyclic) bond motifs is 4. The first-order valence-corrected chi connectivity index (χ1v) is 14.5. The molecule has 2 saturated carbocycles. The van der Waals surface area contributed by atoms with E-state index in [1.165, 1.54) is 6.92 Å². The van der Waals surface area contributed by atoms with Gasteiger partial charge in [0.05, 0.1) is 18.6 Å². The Morgan fingerprint density at radius 1 is 1.07 bits per heavy atom. The van der Waals surface area contributed by atoms with Gasteiger partial charge < -0.3 is 10.2 Å². The van der Waals surface area contributed by atoms with E-state index >= 15 is 8.78 Å². The summed E-state index contributed by atoms with van der Waals surface area (Å²) in [4.78, 5) is 12.2. The van der Waals surface area contributed by atoms with E-state index in [-0.39, 0.29) is 37.4 Å². The summed E-state index contributed by atoms with van der Waals surface area (Å²) in [6, 6.07) is 10.6. The number of halogens is 5. The zero-order valence-corrected chi connectivity index (χ0v) is 23.7. The largest absolute Gasteiger partial charge is 0.456 e. The highest BCUT2D eigenvalue weighted by atomic mass is 19.4. The Morgan fingerprint density at radius 2 is 1.77 bits per heavy atom. The number of aliphatic hydroxyl groups is 2. The fourth-order valence-corrected chi connectivity index (χ4v) is 8.23. The zero-order chi connectivity index (χ0) is 31.4. The van der Waals surface area contributed by atoms with Gasteiger partial charge in [-0.1, -0.05) is 48.9 Å².